The molecule has 6 nitrogen and oxygen atoms in total. The number of aromatic amines is 1. The molecule has 0 spiro atoms. The molecule has 3 aromatic rings. The molecule has 0 unspecified atom stereocenters. The Morgan fingerprint density at radius 1 is 1.10 bits per heavy atom. The van der Waals surface area contributed by atoms with E-state index in [1.54, 1.807) is 36.3 Å². The van der Waals surface area contributed by atoms with E-state index in [-0.39, 0.29) is 24.5 Å². The summed E-state index contributed by atoms with van der Waals surface area (Å²) < 4.78 is 5.11. The van der Waals surface area contributed by atoms with Gasteiger partial charge in [-0.25, -0.2) is 0 Å². The van der Waals surface area contributed by atoms with Gasteiger partial charge in [-0.05, 0) is 36.4 Å². The molecule has 154 valence electrons. The van der Waals surface area contributed by atoms with E-state index in [2.05, 4.69) is 10.2 Å². The second-order valence-corrected chi connectivity index (χ2v) is 7.69. The Bertz CT molecular complexity index is 1060. The number of amides is 1. The number of halogens is 1. The first-order valence-corrected chi connectivity index (χ1v) is 10.2. The third-order valence-corrected chi connectivity index (χ3v) is 5.63. The maximum absolute atomic E-state index is 12.8. The minimum absolute atomic E-state index is 0.0224. The lowest BCUT2D eigenvalue weighted by Crippen LogP contribution is -2.36. The van der Waals surface area contributed by atoms with E-state index in [4.69, 9.17) is 16.3 Å². The van der Waals surface area contributed by atoms with Crippen LogP contribution >= 0.6 is 11.6 Å². The zero-order valence-electron chi connectivity index (χ0n) is 16.7. The first-order valence-electron chi connectivity index (χ1n) is 9.82. The zero-order chi connectivity index (χ0) is 21.1. The number of fused-ring (bicyclic) bond motifs is 1. The molecule has 0 atom stereocenters. The molecule has 1 aromatic heterocycles. The summed E-state index contributed by atoms with van der Waals surface area (Å²) >= 11 is 5.99. The Morgan fingerprint density at radius 2 is 1.83 bits per heavy atom. The van der Waals surface area contributed by atoms with Crippen molar-refractivity contribution in [3.05, 3.63) is 70.4 Å². The quantitative estimate of drug-likeness (QED) is 0.600. The molecular weight excluding hydrogens is 402 g/mol. The predicted molar refractivity (Wildman–Crippen MR) is 115 cm³/mol. The van der Waals surface area contributed by atoms with E-state index in [0.717, 1.165) is 22.5 Å². The SMILES string of the molecule is COc1ccc(C(=O)CCC(=O)N2CCc3[nH]nc(-c4ccc(Cl)cc4)c3C2)cc1. The molecule has 1 aliphatic rings. The molecule has 2 aromatic carbocycles. The van der Waals surface area contributed by atoms with E-state index >= 15 is 0 Å². The van der Waals surface area contributed by atoms with Gasteiger partial charge in [0.05, 0.1) is 12.8 Å². The van der Waals surface area contributed by atoms with Crippen LogP contribution in [0.1, 0.15) is 34.5 Å². The monoisotopic (exact) mass is 423 g/mol. The van der Waals surface area contributed by atoms with Crippen LogP contribution in [0, 0.1) is 0 Å². The number of hydrogen-bond donors (Lipinski definition) is 1. The predicted octanol–water partition coefficient (Wildman–Crippen LogP) is 4.29. The molecule has 0 saturated carbocycles. The van der Waals surface area contributed by atoms with Crippen molar-refractivity contribution in [3.8, 4) is 17.0 Å². The summed E-state index contributed by atoms with van der Waals surface area (Å²) in [6.45, 7) is 1.10. The number of benzene rings is 2. The highest BCUT2D eigenvalue weighted by Crippen LogP contribution is 2.29. The van der Waals surface area contributed by atoms with Crippen molar-refractivity contribution >= 4 is 23.3 Å². The van der Waals surface area contributed by atoms with Gasteiger partial charge in [0, 0.05) is 59.8 Å². The highest BCUT2D eigenvalue weighted by Gasteiger charge is 2.26. The number of nitrogens with one attached hydrogen (secondary N) is 1. The van der Waals surface area contributed by atoms with Crippen LogP contribution in [0.15, 0.2) is 48.5 Å². The Morgan fingerprint density at radius 3 is 2.53 bits per heavy atom. The van der Waals surface area contributed by atoms with Gasteiger partial charge >= 0.3 is 0 Å². The molecule has 0 fully saturated rings. The van der Waals surface area contributed by atoms with Crippen molar-refractivity contribution in [1.82, 2.24) is 15.1 Å². The van der Waals surface area contributed by atoms with Crippen molar-refractivity contribution in [2.24, 2.45) is 0 Å². The summed E-state index contributed by atoms with van der Waals surface area (Å²) in [6.07, 6.45) is 1.09. The van der Waals surface area contributed by atoms with Crippen LogP contribution in [0.3, 0.4) is 0 Å². The number of rotatable bonds is 6. The normalized spacial score (nSPS) is 13.1. The standard InChI is InChI=1S/C23H22ClN3O3/c1-30-18-8-4-15(5-9-18)21(28)10-11-22(29)27-13-12-20-19(14-27)23(26-25-20)16-2-6-17(24)7-3-16/h2-9H,10-14H2,1H3,(H,25,26). The number of methoxy groups -OCH3 is 1. The molecule has 30 heavy (non-hydrogen) atoms. The summed E-state index contributed by atoms with van der Waals surface area (Å²) in [7, 11) is 1.58. The van der Waals surface area contributed by atoms with Crippen molar-refractivity contribution in [2.75, 3.05) is 13.7 Å². The summed E-state index contributed by atoms with van der Waals surface area (Å²) in [4.78, 5) is 27.0. The second-order valence-electron chi connectivity index (χ2n) is 7.25. The zero-order valence-corrected chi connectivity index (χ0v) is 17.4. The van der Waals surface area contributed by atoms with Crippen LogP contribution < -0.4 is 4.74 Å². The van der Waals surface area contributed by atoms with Crippen LogP contribution in [0.5, 0.6) is 5.75 Å². The average Bonchev–Trinajstić information content (AvgIpc) is 3.21. The fourth-order valence-electron chi connectivity index (χ4n) is 3.65. The molecule has 1 aliphatic heterocycles. The number of carbonyl (C=O) groups is 2. The fourth-order valence-corrected chi connectivity index (χ4v) is 3.78. The summed E-state index contributed by atoms with van der Waals surface area (Å²) in [6, 6.07) is 14.4. The third-order valence-electron chi connectivity index (χ3n) is 5.38. The molecule has 7 heteroatoms. The Hall–Kier alpha value is -3.12. The van der Waals surface area contributed by atoms with Gasteiger partial charge in [-0.1, -0.05) is 23.7 Å². The van der Waals surface area contributed by atoms with Gasteiger partial charge in [0.15, 0.2) is 5.78 Å². The third kappa shape index (κ3) is 4.24. The smallest absolute Gasteiger partial charge is 0.223 e. The van der Waals surface area contributed by atoms with Crippen LogP contribution in [0.2, 0.25) is 5.02 Å². The molecular formula is C23H22ClN3O3. The minimum atomic E-state index is -0.0473. The lowest BCUT2D eigenvalue weighted by Gasteiger charge is -2.27. The van der Waals surface area contributed by atoms with E-state index in [9.17, 15) is 9.59 Å². The van der Waals surface area contributed by atoms with Gasteiger partial charge in [0.25, 0.3) is 0 Å². The van der Waals surface area contributed by atoms with Gasteiger partial charge < -0.3 is 9.64 Å². The number of carbonyl (C=O) groups excluding carboxylic acids is 2. The van der Waals surface area contributed by atoms with Crippen molar-refractivity contribution in [3.63, 3.8) is 0 Å². The van der Waals surface area contributed by atoms with Gasteiger partial charge in [0.1, 0.15) is 5.75 Å². The molecule has 1 amide bonds. The maximum atomic E-state index is 12.8. The van der Waals surface area contributed by atoms with Crippen molar-refractivity contribution in [1.29, 1.82) is 0 Å². The lowest BCUT2D eigenvalue weighted by molar-refractivity contribution is -0.132. The van der Waals surface area contributed by atoms with Gasteiger partial charge in [-0.2, -0.15) is 5.10 Å². The maximum Gasteiger partial charge on any atom is 0.223 e. The van der Waals surface area contributed by atoms with Gasteiger partial charge in [-0.3, -0.25) is 14.7 Å². The molecule has 2 heterocycles. The number of Topliss-reactive ketones (excluding diaryl/α,β-unsaturated/α-hetero) is 1. The number of aromatic nitrogens is 2. The second kappa shape index (κ2) is 8.71. The summed E-state index contributed by atoms with van der Waals surface area (Å²) in [5.41, 5.74) is 4.47. The molecule has 4 rings (SSSR count). The highest BCUT2D eigenvalue weighted by atomic mass is 35.5. The Balaban J connectivity index is 1.40. The summed E-state index contributed by atoms with van der Waals surface area (Å²) in [5, 5.41) is 8.21. The first-order chi connectivity index (χ1) is 14.5. The Labute approximate surface area is 179 Å². The number of nitrogens with zero attached hydrogens (tertiary/aromatic N) is 2. The Kier molecular flexibility index (Phi) is 5.86. The van der Waals surface area contributed by atoms with Gasteiger partial charge in [-0.15, -0.1) is 0 Å². The number of H-pyrrole nitrogens is 1. The molecule has 0 aliphatic carbocycles. The van der Waals surface area contributed by atoms with Crippen LogP contribution in [0.4, 0.5) is 0 Å². The fraction of sp³-hybridized carbons (Fsp3) is 0.261. The largest absolute Gasteiger partial charge is 0.497 e. The van der Waals surface area contributed by atoms with E-state index in [1.165, 1.54) is 0 Å². The first kappa shape index (κ1) is 20.2. The molecule has 1 N–H and O–H groups in total. The lowest BCUT2D eigenvalue weighted by atomic mass is 10.00. The molecule has 0 bridgehead atoms. The van der Waals surface area contributed by atoms with E-state index in [0.29, 0.717) is 35.8 Å². The van der Waals surface area contributed by atoms with E-state index < -0.39 is 0 Å². The number of hydrogen-bond acceptors (Lipinski definition) is 4. The number of ketones is 1. The average molecular weight is 424 g/mol. The molecule has 0 radical (unpaired) electrons. The van der Waals surface area contributed by atoms with E-state index in [1.807, 2.05) is 24.3 Å². The van der Waals surface area contributed by atoms with Crippen LogP contribution in [0.25, 0.3) is 11.3 Å². The highest BCUT2D eigenvalue weighted by molar-refractivity contribution is 6.30. The topological polar surface area (TPSA) is 75.3 Å². The van der Waals surface area contributed by atoms with Crippen molar-refractivity contribution in [2.45, 2.75) is 25.8 Å². The number of ether oxygens (including phenoxy) is 1. The minimum Gasteiger partial charge on any atom is -0.497 e. The van der Waals surface area contributed by atoms with Crippen LogP contribution in [-0.2, 0) is 17.8 Å². The van der Waals surface area contributed by atoms with Crippen LogP contribution in [-0.4, -0.2) is 40.4 Å². The van der Waals surface area contributed by atoms with Crippen molar-refractivity contribution < 1.29 is 14.3 Å². The summed E-state index contributed by atoms with van der Waals surface area (Å²) in [5.74, 6) is 0.628. The molecule has 0 saturated heterocycles. The van der Waals surface area contributed by atoms with Gasteiger partial charge in [0.2, 0.25) is 5.91 Å².